The van der Waals surface area contributed by atoms with E-state index in [9.17, 15) is 4.79 Å². The van der Waals surface area contributed by atoms with Crippen LogP contribution in [0.3, 0.4) is 0 Å². The molecule has 3 aliphatic rings. The minimum absolute atomic E-state index is 0.00426. The summed E-state index contributed by atoms with van der Waals surface area (Å²) in [6.45, 7) is 5.73. The van der Waals surface area contributed by atoms with E-state index in [2.05, 4.69) is 36.1 Å². The summed E-state index contributed by atoms with van der Waals surface area (Å²) in [4.78, 5) is 14.0. The highest BCUT2D eigenvalue weighted by atomic mass is 16.5. The summed E-state index contributed by atoms with van der Waals surface area (Å²) in [6.07, 6.45) is 15.2. The summed E-state index contributed by atoms with van der Waals surface area (Å²) < 4.78 is 11.1. The zero-order valence-corrected chi connectivity index (χ0v) is 15.1. The molecule has 2 aliphatic carbocycles. The third-order valence-electron chi connectivity index (χ3n) is 5.58. The first-order chi connectivity index (χ1) is 11.6. The molecule has 4 heteroatoms. The number of carbonyl (C=O) groups is 1. The molecule has 1 saturated carbocycles. The van der Waals surface area contributed by atoms with Gasteiger partial charge in [-0.05, 0) is 57.3 Å². The van der Waals surface area contributed by atoms with Crippen molar-refractivity contribution in [3.63, 3.8) is 0 Å². The summed E-state index contributed by atoms with van der Waals surface area (Å²) in [5.74, 6) is 0.876. The van der Waals surface area contributed by atoms with E-state index in [0.29, 0.717) is 6.10 Å². The zero-order chi connectivity index (χ0) is 17.2. The lowest BCUT2D eigenvalue weighted by atomic mass is 9.86. The summed E-state index contributed by atoms with van der Waals surface area (Å²) in [7, 11) is 1.46. The molecular weight excluding hydrogens is 302 g/mol. The molecule has 0 N–H and O–H groups in total. The van der Waals surface area contributed by atoms with Crippen LogP contribution in [0, 0.1) is 5.92 Å². The molecule has 1 heterocycles. The van der Waals surface area contributed by atoms with Crippen LogP contribution in [0.5, 0.6) is 0 Å². The summed E-state index contributed by atoms with van der Waals surface area (Å²) in [5, 5.41) is 0. The Kier molecular flexibility index (Phi) is 5.14. The third kappa shape index (κ3) is 3.30. The first-order valence-corrected chi connectivity index (χ1v) is 9.14. The number of likely N-dealkylation sites (tertiary alicyclic amines) is 1. The Labute approximate surface area is 145 Å². The van der Waals surface area contributed by atoms with Crippen molar-refractivity contribution in [2.24, 2.45) is 5.92 Å². The van der Waals surface area contributed by atoms with Gasteiger partial charge in [0.2, 0.25) is 0 Å². The van der Waals surface area contributed by atoms with Crippen molar-refractivity contribution in [1.29, 1.82) is 0 Å². The van der Waals surface area contributed by atoms with E-state index >= 15 is 0 Å². The van der Waals surface area contributed by atoms with Crippen LogP contribution < -0.4 is 0 Å². The van der Waals surface area contributed by atoms with Crippen molar-refractivity contribution in [3.8, 4) is 0 Å². The lowest BCUT2D eigenvalue weighted by Gasteiger charge is -2.48. The lowest BCUT2D eigenvalue weighted by Crippen LogP contribution is -2.60. The van der Waals surface area contributed by atoms with Gasteiger partial charge in [-0.2, -0.15) is 0 Å². The number of hydrogen-bond donors (Lipinski definition) is 0. The van der Waals surface area contributed by atoms with Crippen molar-refractivity contribution < 1.29 is 14.3 Å². The molecule has 0 aromatic carbocycles. The first-order valence-electron chi connectivity index (χ1n) is 9.14. The van der Waals surface area contributed by atoms with Crippen molar-refractivity contribution in [1.82, 2.24) is 4.90 Å². The van der Waals surface area contributed by atoms with E-state index in [-0.39, 0.29) is 17.4 Å². The molecule has 1 aliphatic heterocycles. The average molecular weight is 331 g/mol. The fraction of sp³-hybridized carbons (Fsp3) is 0.650. The molecule has 2 fully saturated rings. The molecule has 4 nitrogen and oxygen atoms in total. The summed E-state index contributed by atoms with van der Waals surface area (Å²) >= 11 is 0. The maximum atomic E-state index is 11.7. The van der Waals surface area contributed by atoms with Crippen LogP contribution >= 0.6 is 0 Å². The number of allylic oxidation sites excluding steroid dienone is 2. The number of rotatable bonds is 5. The largest absolute Gasteiger partial charge is 0.491 e. The van der Waals surface area contributed by atoms with Crippen molar-refractivity contribution in [3.05, 3.63) is 35.6 Å². The van der Waals surface area contributed by atoms with Crippen molar-refractivity contribution >= 4 is 5.97 Å². The minimum Gasteiger partial charge on any atom is -0.491 e. The Morgan fingerprint density at radius 1 is 1.29 bits per heavy atom. The maximum absolute atomic E-state index is 11.7. The van der Waals surface area contributed by atoms with Gasteiger partial charge in [0.1, 0.15) is 5.76 Å². The van der Waals surface area contributed by atoms with Crippen LogP contribution in [0.1, 0.15) is 46.0 Å². The standard InChI is InChI=1S/C20H29NO3/c1-4-8-16-11-18(24-17-9-6-5-7-10-17)12-20(16,2)21-13-15(14-21)19(22)23-3/h4,8,11-12,15,17H,5-7,9-10,13-14H2,1-3H3/b8-4-. The van der Waals surface area contributed by atoms with Crippen molar-refractivity contribution in [2.45, 2.75) is 57.6 Å². The van der Waals surface area contributed by atoms with Gasteiger partial charge in [0.25, 0.3) is 0 Å². The normalized spacial score (nSPS) is 29.3. The molecule has 0 amide bonds. The highest BCUT2D eigenvalue weighted by Crippen LogP contribution is 2.40. The number of methoxy groups -OCH3 is 1. The molecule has 1 atom stereocenters. The van der Waals surface area contributed by atoms with Crippen LogP contribution in [0.25, 0.3) is 0 Å². The molecule has 3 rings (SSSR count). The Morgan fingerprint density at radius 2 is 2.00 bits per heavy atom. The molecular formula is C20H29NO3. The molecule has 24 heavy (non-hydrogen) atoms. The Hall–Kier alpha value is -1.55. The van der Waals surface area contributed by atoms with Gasteiger partial charge < -0.3 is 9.47 Å². The molecule has 1 saturated heterocycles. The fourth-order valence-electron chi connectivity index (χ4n) is 3.99. The Bertz CT molecular complexity index is 565. The van der Waals surface area contributed by atoms with Gasteiger partial charge in [0, 0.05) is 13.1 Å². The summed E-state index contributed by atoms with van der Waals surface area (Å²) in [6, 6.07) is 0. The molecule has 0 bridgehead atoms. The van der Waals surface area contributed by atoms with Gasteiger partial charge in [-0.3, -0.25) is 9.69 Å². The van der Waals surface area contributed by atoms with E-state index < -0.39 is 0 Å². The van der Waals surface area contributed by atoms with Crippen LogP contribution in [-0.2, 0) is 14.3 Å². The SMILES string of the molecule is C/C=C\C1=CC(OC2CCCCC2)=CC1(C)N1CC(C(=O)OC)C1. The Morgan fingerprint density at radius 3 is 2.62 bits per heavy atom. The Balaban J connectivity index is 1.70. The molecule has 1 unspecified atom stereocenters. The number of ether oxygens (including phenoxy) is 2. The van der Waals surface area contributed by atoms with Gasteiger partial charge >= 0.3 is 5.97 Å². The molecule has 0 spiro atoms. The smallest absolute Gasteiger partial charge is 0.311 e. The number of carbonyl (C=O) groups excluding carboxylic acids is 1. The average Bonchev–Trinajstić information content (AvgIpc) is 2.83. The predicted octanol–water partition coefficient (Wildman–Crippen LogP) is 3.60. The van der Waals surface area contributed by atoms with E-state index in [0.717, 1.165) is 31.7 Å². The van der Waals surface area contributed by atoms with E-state index in [1.807, 2.05) is 6.92 Å². The van der Waals surface area contributed by atoms with Gasteiger partial charge in [0.15, 0.2) is 0 Å². The summed E-state index contributed by atoms with van der Waals surface area (Å²) in [5.41, 5.74) is 1.04. The third-order valence-corrected chi connectivity index (χ3v) is 5.58. The number of nitrogens with zero attached hydrogens (tertiary/aromatic N) is 1. The van der Waals surface area contributed by atoms with E-state index in [1.165, 1.54) is 31.9 Å². The second-order valence-corrected chi connectivity index (χ2v) is 7.30. The molecule has 0 aromatic heterocycles. The van der Waals surface area contributed by atoms with Crippen molar-refractivity contribution in [2.75, 3.05) is 20.2 Å². The van der Waals surface area contributed by atoms with Crippen LogP contribution in [0.2, 0.25) is 0 Å². The monoisotopic (exact) mass is 331 g/mol. The predicted molar refractivity (Wildman–Crippen MR) is 94.4 cm³/mol. The van der Waals surface area contributed by atoms with Gasteiger partial charge in [0.05, 0.1) is 24.7 Å². The maximum Gasteiger partial charge on any atom is 0.311 e. The molecule has 132 valence electrons. The van der Waals surface area contributed by atoms with Gasteiger partial charge in [-0.25, -0.2) is 0 Å². The molecule has 0 aromatic rings. The first kappa shape index (κ1) is 17.3. The topological polar surface area (TPSA) is 38.8 Å². The molecule has 0 radical (unpaired) electrons. The number of esters is 1. The van der Waals surface area contributed by atoms with Crippen LogP contribution in [0.15, 0.2) is 35.6 Å². The van der Waals surface area contributed by atoms with E-state index in [4.69, 9.17) is 9.47 Å². The second kappa shape index (κ2) is 7.14. The van der Waals surface area contributed by atoms with Gasteiger partial charge in [-0.15, -0.1) is 0 Å². The van der Waals surface area contributed by atoms with Crippen LogP contribution in [0.4, 0.5) is 0 Å². The number of hydrogen-bond acceptors (Lipinski definition) is 4. The fourth-order valence-corrected chi connectivity index (χ4v) is 3.99. The van der Waals surface area contributed by atoms with Crippen LogP contribution in [-0.4, -0.2) is 42.7 Å². The quantitative estimate of drug-likeness (QED) is 0.722. The zero-order valence-electron chi connectivity index (χ0n) is 15.1. The second-order valence-electron chi connectivity index (χ2n) is 7.30. The van der Waals surface area contributed by atoms with E-state index in [1.54, 1.807) is 0 Å². The highest BCUT2D eigenvalue weighted by Gasteiger charge is 2.46. The minimum atomic E-state index is -0.193. The highest BCUT2D eigenvalue weighted by molar-refractivity contribution is 5.74. The lowest BCUT2D eigenvalue weighted by molar-refractivity contribution is -0.152. The van der Waals surface area contributed by atoms with Gasteiger partial charge in [-0.1, -0.05) is 18.6 Å².